The van der Waals surface area contributed by atoms with Crippen molar-refractivity contribution in [1.29, 1.82) is 0 Å². The molecule has 0 radical (unpaired) electrons. The van der Waals surface area contributed by atoms with E-state index in [1.165, 1.54) is 6.42 Å². The smallest absolute Gasteiger partial charge is 0.227 e. The van der Waals surface area contributed by atoms with Gasteiger partial charge >= 0.3 is 0 Å². The summed E-state index contributed by atoms with van der Waals surface area (Å²) in [6.45, 7) is 4.97. The Hall–Kier alpha value is -2.47. The second-order valence-corrected chi connectivity index (χ2v) is 7.17. The molecule has 1 amide bonds. The lowest BCUT2D eigenvalue weighted by atomic mass is 10.0. The van der Waals surface area contributed by atoms with Gasteiger partial charge in [-0.25, -0.2) is 9.97 Å². The van der Waals surface area contributed by atoms with Crippen LogP contribution >= 0.6 is 0 Å². The van der Waals surface area contributed by atoms with Crippen molar-refractivity contribution in [3.8, 4) is 5.75 Å². The number of amides is 1. The van der Waals surface area contributed by atoms with Gasteiger partial charge < -0.3 is 15.0 Å². The third-order valence-corrected chi connectivity index (χ3v) is 5.27. The third-order valence-electron chi connectivity index (χ3n) is 5.27. The number of hydrogen-bond acceptors (Lipinski definition) is 5. The number of hydrogen-bond donors (Lipinski definition) is 1. The predicted octanol–water partition coefficient (Wildman–Crippen LogP) is 2.43. The summed E-state index contributed by atoms with van der Waals surface area (Å²) in [7, 11) is 0. The van der Waals surface area contributed by atoms with Crippen molar-refractivity contribution in [2.75, 3.05) is 19.7 Å². The van der Waals surface area contributed by atoms with E-state index in [1.807, 2.05) is 42.3 Å². The Morgan fingerprint density at radius 2 is 2.19 bits per heavy atom. The second-order valence-electron chi connectivity index (χ2n) is 7.17. The molecule has 1 aromatic heterocycles. The van der Waals surface area contributed by atoms with E-state index in [9.17, 15) is 4.79 Å². The molecule has 1 atom stereocenters. The first-order valence-electron chi connectivity index (χ1n) is 9.80. The van der Waals surface area contributed by atoms with Gasteiger partial charge in [0.05, 0.1) is 24.8 Å². The number of carbonyl (C=O) groups is 1. The zero-order valence-electron chi connectivity index (χ0n) is 15.8. The van der Waals surface area contributed by atoms with E-state index < -0.39 is 0 Å². The van der Waals surface area contributed by atoms with Crippen LogP contribution in [0.15, 0.2) is 30.5 Å². The number of ether oxygens (including phenoxy) is 1. The van der Waals surface area contributed by atoms with E-state index in [-0.39, 0.29) is 11.9 Å². The minimum absolute atomic E-state index is 0.145. The Labute approximate surface area is 160 Å². The molecule has 27 heavy (non-hydrogen) atoms. The normalized spacial score (nSPS) is 19.0. The van der Waals surface area contributed by atoms with Crippen LogP contribution < -0.4 is 10.1 Å². The molecule has 1 unspecified atom stereocenters. The highest BCUT2D eigenvalue weighted by atomic mass is 16.5. The molecule has 2 aromatic rings. The number of fused-ring (bicyclic) bond motifs is 1. The van der Waals surface area contributed by atoms with E-state index in [0.717, 1.165) is 54.3 Å². The van der Waals surface area contributed by atoms with Gasteiger partial charge in [0.1, 0.15) is 11.6 Å². The Morgan fingerprint density at radius 1 is 1.33 bits per heavy atom. The summed E-state index contributed by atoms with van der Waals surface area (Å²) in [5.74, 6) is 1.89. The predicted molar refractivity (Wildman–Crippen MR) is 102 cm³/mol. The molecule has 0 spiro atoms. The van der Waals surface area contributed by atoms with Gasteiger partial charge in [0.15, 0.2) is 0 Å². The Kier molecular flexibility index (Phi) is 5.34. The highest BCUT2D eigenvalue weighted by Crippen LogP contribution is 2.23. The maximum absolute atomic E-state index is 12.7. The second kappa shape index (κ2) is 8.05. The number of carbonyl (C=O) groups excluding carboxylic acids is 1. The van der Waals surface area contributed by atoms with Crippen LogP contribution in [-0.2, 0) is 24.2 Å². The van der Waals surface area contributed by atoms with Crippen LogP contribution in [0.3, 0.4) is 0 Å². The molecule has 1 N–H and O–H groups in total. The van der Waals surface area contributed by atoms with Crippen LogP contribution in [0.4, 0.5) is 0 Å². The number of benzene rings is 1. The van der Waals surface area contributed by atoms with Crippen LogP contribution in [0.5, 0.6) is 5.75 Å². The van der Waals surface area contributed by atoms with Gasteiger partial charge in [-0.05, 0) is 44.0 Å². The van der Waals surface area contributed by atoms with Crippen LogP contribution in [0, 0.1) is 0 Å². The maximum atomic E-state index is 12.7. The molecule has 142 valence electrons. The average Bonchev–Trinajstić information content (AvgIpc) is 3.24. The molecule has 0 aliphatic carbocycles. The summed E-state index contributed by atoms with van der Waals surface area (Å²) in [6, 6.07) is 8.05. The molecular weight excluding hydrogens is 340 g/mol. The van der Waals surface area contributed by atoms with Crippen LogP contribution in [-0.4, -0.2) is 40.5 Å². The van der Waals surface area contributed by atoms with Gasteiger partial charge in [-0.3, -0.25) is 4.79 Å². The van der Waals surface area contributed by atoms with Crippen LogP contribution in [0.2, 0.25) is 0 Å². The maximum Gasteiger partial charge on any atom is 0.227 e. The SMILES string of the molecule is CCOc1ccc(CC(=O)N2CCc3nc(C4CCCN4)ncc3C2)cc1. The highest BCUT2D eigenvalue weighted by Gasteiger charge is 2.25. The fourth-order valence-electron chi connectivity index (χ4n) is 3.77. The monoisotopic (exact) mass is 366 g/mol. The molecule has 0 bridgehead atoms. The molecule has 1 saturated heterocycles. The summed E-state index contributed by atoms with van der Waals surface area (Å²) in [4.78, 5) is 23.9. The van der Waals surface area contributed by atoms with Gasteiger partial charge in [-0.2, -0.15) is 0 Å². The molecule has 0 saturated carbocycles. The molecule has 6 nitrogen and oxygen atoms in total. The summed E-state index contributed by atoms with van der Waals surface area (Å²) >= 11 is 0. The van der Waals surface area contributed by atoms with Crippen LogP contribution in [0.1, 0.15) is 48.5 Å². The molecule has 2 aliphatic rings. The fourth-order valence-corrected chi connectivity index (χ4v) is 3.77. The molecule has 1 fully saturated rings. The summed E-state index contributed by atoms with van der Waals surface area (Å²) in [5.41, 5.74) is 3.18. The van der Waals surface area contributed by atoms with E-state index in [2.05, 4.69) is 10.3 Å². The first kappa shape index (κ1) is 17.9. The van der Waals surface area contributed by atoms with E-state index >= 15 is 0 Å². The lowest BCUT2D eigenvalue weighted by Crippen LogP contribution is -2.37. The van der Waals surface area contributed by atoms with Crippen molar-refractivity contribution >= 4 is 5.91 Å². The fraction of sp³-hybridized carbons (Fsp3) is 0.476. The quantitative estimate of drug-likeness (QED) is 0.880. The van der Waals surface area contributed by atoms with Crippen molar-refractivity contribution in [2.45, 2.75) is 45.2 Å². The zero-order chi connectivity index (χ0) is 18.6. The molecule has 6 heteroatoms. The van der Waals surface area contributed by atoms with Gasteiger partial charge in [0.25, 0.3) is 0 Å². The standard InChI is InChI=1S/C21H26N4O2/c1-2-27-17-7-5-15(6-8-17)12-20(26)25-11-9-18-16(14-25)13-23-21(24-18)19-4-3-10-22-19/h5-8,13,19,22H,2-4,9-12,14H2,1H3. The van der Waals surface area contributed by atoms with Crippen molar-refractivity contribution in [3.05, 3.63) is 53.1 Å². The van der Waals surface area contributed by atoms with Gasteiger partial charge in [0, 0.05) is 31.3 Å². The van der Waals surface area contributed by atoms with Gasteiger partial charge in [-0.15, -0.1) is 0 Å². The van der Waals surface area contributed by atoms with Gasteiger partial charge in [-0.1, -0.05) is 12.1 Å². The Bertz CT molecular complexity index is 800. The number of nitrogens with one attached hydrogen (secondary N) is 1. The Morgan fingerprint density at radius 3 is 2.93 bits per heavy atom. The first-order chi connectivity index (χ1) is 13.2. The topological polar surface area (TPSA) is 67.3 Å². The van der Waals surface area contributed by atoms with Crippen molar-refractivity contribution in [1.82, 2.24) is 20.2 Å². The first-order valence-corrected chi connectivity index (χ1v) is 9.80. The summed E-state index contributed by atoms with van der Waals surface area (Å²) in [6.07, 6.45) is 5.40. The summed E-state index contributed by atoms with van der Waals surface area (Å²) in [5, 5.41) is 3.45. The lowest BCUT2D eigenvalue weighted by molar-refractivity contribution is -0.131. The van der Waals surface area contributed by atoms with Gasteiger partial charge in [0.2, 0.25) is 5.91 Å². The van der Waals surface area contributed by atoms with E-state index in [1.54, 1.807) is 0 Å². The Balaban J connectivity index is 1.39. The third kappa shape index (κ3) is 4.11. The molecular formula is C21H26N4O2. The largest absolute Gasteiger partial charge is 0.494 e. The number of aromatic nitrogens is 2. The molecule has 3 heterocycles. The lowest BCUT2D eigenvalue weighted by Gasteiger charge is -2.28. The zero-order valence-corrected chi connectivity index (χ0v) is 15.8. The van der Waals surface area contributed by atoms with Crippen molar-refractivity contribution in [3.63, 3.8) is 0 Å². The molecule has 4 rings (SSSR count). The summed E-state index contributed by atoms with van der Waals surface area (Å²) < 4.78 is 5.45. The molecule has 2 aliphatic heterocycles. The van der Waals surface area contributed by atoms with Crippen molar-refractivity contribution < 1.29 is 9.53 Å². The number of nitrogens with zero attached hydrogens (tertiary/aromatic N) is 3. The minimum Gasteiger partial charge on any atom is -0.494 e. The van der Waals surface area contributed by atoms with E-state index in [4.69, 9.17) is 9.72 Å². The van der Waals surface area contributed by atoms with Crippen molar-refractivity contribution in [2.24, 2.45) is 0 Å². The van der Waals surface area contributed by atoms with Crippen LogP contribution in [0.25, 0.3) is 0 Å². The van der Waals surface area contributed by atoms with E-state index in [0.29, 0.717) is 19.6 Å². The average molecular weight is 366 g/mol. The minimum atomic E-state index is 0.145. The highest BCUT2D eigenvalue weighted by molar-refractivity contribution is 5.79. The molecule has 1 aromatic carbocycles. The number of rotatable bonds is 5.